The van der Waals surface area contributed by atoms with E-state index in [1.165, 1.54) is 0 Å². The van der Waals surface area contributed by atoms with Crippen LogP contribution in [0, 0.1) is 0 Å². The number of nitrogens with zero attached hydrogens (tertiary/aromatic N) is 1. The third-order valence-electron chi connectivity index (χ3n) is 3.82. The van der Waals surface area contributed by atoms with Gasteiger partial charge in [-0.15, -0.1) is 0 Å². The summed E-state index contributed by atoms with van der Waals surface area (Å²) in [5.74, 6) is -0.104. The molecule has 0 bridgehead atoms. The summed E-state index contributed by atoms with van der Waals surface area (Å²) in [6.07, 6.45) is 0. The van der Waals surface area contributed by atoms with E-state index < -0.39 is 0 Å². The molecule has 0 aliphatic heterocycles. The van der Waals surface area contributed by atoms with Crippen LogP contribution in [0.5, 0.6) is 0 Å². The maximum absolute atomic E-state index is 12.5. The van der Waals surface area contributed by atoms with Crippen LogP contribution < -0.4 is 10.2 Å². The van der Waals surface area contributed by atoms with Crippen molar-refractivity contribution in [2.24, 2.45) is 0 Å². The van der Waals surface area contributed by atoms with Gasteiger partial charge in [-0.3, -0.25) is 4.79 Å². The van der Waals surface area contributed by atoms with Gasteiger partial charge in [0.05, 0.1) is 17.3 Å². The van der Waals surface area contributed by atoms with E-state index in [4.69, 9.17) is 11.6 Å². The molecule has 0 atom stereocenters. The molecule has 3 aromatic carbocycles. The summed E-state index contributed by atoms with van der Waals surface area (Å²) in [4.78, 5) is 14.6. The van der Waals surface area contributed by atoms with E-state index >= 15 is 0 Å². The first-order valence-electron chi connectivity index (χ1n) is 8.10. The Morgan fingerprint density at radius 3 is 2.12 bits per heavy atom. The van der Waals surface area contributed by atoms with E-state index in [0.29, 0.717) is 17.3 Å². The molecule has 0 heterocycles. The predicted octanol–water partition coefficient (Wildman–Crippen LogP) is 4.99. The number of anilines is 2. The highest BCUT2D eigenvalue weighted by molar-refractivity contribution is 6.33. The first-order valence-corrected chi connectivity index (χ1v) is 8.48. The van der Waals surface area contributed by atoms with Crippen LogP contribution in [0.2, 0.25) is 5.02 Å². The molecule has 0 spiro atoms. The largest absolute Gasteiger partial charge is 0.358 e. The number of benzene rings is 3. The molecule has 3 aromatic rings. The minimum Gasteiger partial charge on any atom is -0.358 e. The van der Waals surface area contributed by atoms with Crippen molar-refractivity contribution in [1.29, 1.82) is 0 Å². The Hall–Kier alpha value is -2.78. The first kappa shape index (κ1) is 17.1. The van der Waals surface area contributed by atoms with Crippen LogP contribution in [-0.2, 0) is 11.3 Å². The van der Waals surface area contributed by atoms with Crippen molar-refractivity contribution in [3.8, 4) is 0 Å². The zero-order valence-electron chi connectivity index (χ0n) is 13.7. The highest BCUT2D eigenvalue weighted by atomic mass is 35.5. The van der Waals surface area contributed by atoms with Crippen LogP contribution in [-0.4, -0.2) is 12.5 Å². The quantitative estimate of drug-likeness (QED) is 0.679. The number of amides is 1. The molecular weight excluding hydrogens is 332 g/mol. The van der Waals surface area contributed by atoms with Crippen molar-refractivity contribution in [2.45, 2.75) is 6.54 Å². The van der Waals surface area contributed by atoms with E-state index in [9.17, 15) is 4.79 Å². The smallest absolute Gasteiger partial charge is 0.243 e. The van der Waals surface area contributed by atoms with E-state index in [1.54, 1.807) is 12.1 Å². The van der Waals surface area contributed by atoms with Crippen molar-refractivity contribution in [1.82, 2.24) is 0 Å². The molecule has 1 N–H and O–H groups in total. The molecule has 126 valence electrons. The van der Waals surface area contributed by atoms with E-state index in [2.05, 4.69) is 17.4 Å². The summed E-state index contributed by atoms with van der Waals surface area (Å²) in [7, 11) is 0. The van der Waals surface area contributed by atoms with Gasteiger partial charge in [-0.25, -0.2) is 0 Å². The van der Waals surface area contributed by atoms with Gasteiger partial charge in [0.25, 0.3) is 0 Å². The topological polar surface area (TPSA) is 32.3 Å². The predicted molar refractivity (Wildman–Crippen MR) is 104 cm³/mol. The fourth-order valence-corrected chi connectivity index (χ4v) is 2.79. The molecule has 3 nitrogen and oxygen atoms in total. The molecule has 0 saturated heterocycles. The molecule has 0 aromatic heterocycles. The number of halogens is 1. The number of rotatable bonds is 6. The lowest BCUT2D eigenvalue weighted by Gasteiger charge is -2.24. The zero-order valence-corrected chi connectivity index (χ0v) is 14.5. The highest BCUT2D eigenvalue weighted by Gasteiger charge is 2.13. The average Bonchev–Trinajstić information content (AvgIpc) is 2.65. The third-order valence-corrected chi connectivity index (χ3v) is 4.15. The maximum atomic E-state index is 12.5. The van der Waals surface area contributed by atoms with Gasteiger partial charge in [0.1, 0.15) is 0 Å². The van der Waals surface area contributed by atoms with Crippen LogP contribution in [0.3, 0.4) is 0 Å². The molecule has 0 saturated carbocycles. The molecule has 3 rings (SSSR count). The summed E-state index contributed by atoms with van der Waals surface area (Å²) in [6.45, 7) is 0.894. The number of nitrogens with one attached hydrogen (secondary N) is 1. The molecule has 0 fully saturated rings. The summed E-state index contributed by atoms with van der Waals surface area (Å²) in [5, 5.41) is 3.42. The van der Waals surface area contributed by atoms with Crippen molar-refractivity contribution in [3.05, 3.63) is 95.5 Å². The fraction of sp³-hybridized carbons (Fsp3) is 0.0952. The van der Waals surface area contributed by atoms with Gasteiger partial charge in [-0.1, -0.05) is 72.3 Å². The van der Waals surface area contributed by atoms with Crippen LogP contribution in [0.4, 0.5) is 11.4 Å². The van der Waals surface area contributed by atoms with Gasteiger partial charge in [0.15, 0.2) is 0 Å². The lowest BCUT2D eigenvalue weighted by Crippen LogP contribution is -2.33. The summed E-state index contributed by atoms with van der Waals surface area (Å²) >= 11 is 6.12. The molecule has 1 amide bonds. The van der Waals surface area contributed by atoms with Crippen LogP contribution in [0.25, 0.3) is 0 Å². The second kappa shape index (κ2) is 8.36. The molecule has 4 heteroatoms. The molecule has 0 radical (unpaired) electrons. The fourth-order valence-electron chi connectivity index (χ4n) is 2.61. The van der Waals surface area contributed by atoms with E-state index in [1.807, 2.05) is 65.6 Å². The Morgan fingerprint density at radius 2 is 1.44 bits per heavy atom. The molecular formula is C21H19ClN2O. The second-order valence-electron chi connectivity index (χ2n) is 5.71. The van der Waals surface area contributed by atoms with Gasteiger partial charge in [0, 0.05) is 12.2 Å². The minimum atomic E-state index is -0.104. The van der Waals surface area contributed by atoms with Gasteiger partial charge in [-0.05, 0) is 29.8 Å². The summed E-state index contributed by atoms with van der Waals surface area (Å²) in [6, 6.07) is 27.3. The summed E-state index contributed by atoms with van der Waals surface area (Å²) in [5.41, 5.74) is 2.78. The van der Waals surface area contributed by atoms with E-state index in [-0.39, 0.29) is 12.5 Å². The van der Waals surface area contributed by atoms with Crippen LogP contribution in [0.15, 0.2) is 84.9 Å². The Balaban J connectivity index is 1.75. The van der Waals surface area contributed by atoms with Gasteiger partial charge in [0.2, 0.25) is 5.91 Å². The highest BCUT2D eigenvalue weighted by Crippen LogP contribution is 2.21. The number of carbonyl (C=O) groups excluding carboxylic acids is 1. The zero-order chi connectivity index (χ0) is 17.5. The van der Waals surface area contributed by atoms with Crippen molar-refractivity contribution in [3.63, 3.8) is 0 Å². The third kappa shape index (κ3) is 4.85. The van der Waals surface area contributed by atoms with Crippen LogP contribution >= 0.6 is 11.6 Å². The summed E-state index contributed by atoms with van der Waals surface area (Å²) < 4.78 is 0. The minimum absolute atomic E-state index is 0.104. The number of hydrogen-bond donors (Lipinski definition) is 1. The Kier molecular flexibility index (Phi) is 5.70. The first-order chi connectivity index (χ1) is 12.2. The Labute approximate surface area is 152 Å². The Bertz CT molecular complexity index is 822. The number of carbonyl (C=O) groups is 1. The monoisotopic (exact) mass is 350 g/mol. The Morgan fingerprint density at radius 1 is 0.840 bits per heavy atom. The van der Waals surface area contributed by atoms with Gasteiger partial charge in [-0.2, -0.15) is 0 Å². The lowest BCUT2D eigenvalue weighted by atomic mass is 10.2. The van der Waals surface area contributed by atoms with E-state index in [0.717, 1.165) is 11.3 Å². The normalized spacial score (nSPS) is 10.3. The second-order valence-corrected chi connectivity index (χ2v) is 6.11. The van der Waals surface area contributed by atoms with Gasteiger partial charge >= 0.3 is 0 Å². The number of para-hydroxylation sites is 2. The maximum Gasteiger partial charge on any atom is 0.243 e. The molecule has 25 heavy (non-hydrogen) atoms. The van der Waals surface area contributed by atoms with Gasteiger partial charge < -0.3 is 10.2 Å². The number of hydrogen-bond acceptors (Lipinski definition) is 2. The van der Waals surface area contributed by atoms with Crippen molar-refractivity contribution in [2.75, 3.05) is 16.8 Å². The molecule has 0 unspecified atom stereocenters. The average molecular weight is 351 g/mol. The molecule has 0 aliphatic rings. The standard InChI is InChI=1S/C21H19ClN2O/c22-19-13-7-8-14-20(19)23-21(25)16-24(18-11-5-2-6-12-18)15-17-9-3-1-4-10-17/h1-14H,15-16H2,(H,23,25). The van der Waals surface area contributed by atoms with Crippen molar-refractivity contribution < 1.29 is 4.79 Å². The SMILES string of the molecule is O=C(CN(Cc1ccccc1)c1ccccc1)Nc1ccccc1Cl. The van der Waals surface area contributed by atoms with Crippen molar-refractivity contribution >= 4 is 28.9 Å². The molecule has 0 aliphatic carbocycles. The van der Waals surface area contributed by atoms with Crippen LogP contribution in [0.1, 0.15) is 5.56 Å². The lowest BCUT2D eigenvalue weighted by molar-refractivity contribution is -0.115.